The number of carboxylic acids is 1. The van der Waals surface area contributed by atoms with Gasteiger partial charge in [-0.2, -0.15) is 0 Å². The van der Waals surface area contributed by atoms with Crippen LogP contribution in [0.25, 0.3) is 0 Å². The minimum Gasteiger partial charge on any atom is -0.481 e. The van der Waals surface area contributed by atoms with Crippen LogP contribution in [0.2, 0.25) is 0 Å². The van der Waals surface area contributed by atoms with Crippen molar-refractivity contribution in [1.29, 1.82) is 0 Å². The van der Waals surface area contributed by atoms with E-state index in [1.807, 2.05) is 0 Å². The molecule has 100 valence electrons. The molecule has 5 nitrogen and oxygen atoms in total. The molecule has 1 aliphatic rings. The van der Waals surface area contributed by atoms with Gasteiger partial charge >= 0.3 is 5.97 Å². The second kappa shape index (κ2) is 6.00. The summed E-state index contributed by atoms with van der Waals surface area (Å²) in [5.41, 5.74) is 0.750. The molecule has 0 bridgehead atoms. The van der Waals surface area contributed by atoms with Crippen molar-refractivity contribution in [3.63, 3.8) is 0 Å². The number of aromatic nitrogens is 1. The normalized spacial score (nSPS) is 18.1. The molecule has 1 aliphatic heterocycles. The lowest BCUT2D eigenvalue weighted by molar-refractivity contribution is -0.136. The maximum Gasteiger partial charge on any atom is 0.303 e. The molecule has 1 N–H and O–H groups in total. The topological polar surface area (TPSA) is 66.6 Å². The third-order valence-corrected chi connectivity index (χ3v) is 3.50. The first-order valence-corrected chi connectivity index (χ1v) is 6.47. The van der Waals surface area contributed by atoms with Crippen LogP contribution >= 0.6 is 0 Å². The zero-order valence-electron chi connectivity index (χ0n) is 10.8. The Balaban J connectivity index is 1.81. The molecule has 0 aromatic carbocycles. The number of carbonyl (C=O) groups is 1. The molecule has 0 aliphatic carbocycles. The molecule has 0 saturated carbocycles. The Morgan fingerprint density at radius 2 is 2.28 bits per heavy atom. The number of hydrogen-bond acceptors (Lipinski definition) is 4. The second-order valence-electron chi connectivity index (χ2n) is 5.08. The molecule has 0 radical (unpaired) electrons. The molecule has 0 amide bonds. The number of likely N-dealkylation sites (tertiary alicyclic amines) is 1. The molecule has 18 heavy (non-hydrogen) atoms. The SMILES string of the molecule is CN1CCC(Cc2nc(CCC(=O)O)co2)CC1. The van der Waals surface area contributed by atoms with Gasteiger partial charge in [-0.05, 0) is 38.9 Å². The fourth-order valence-electron chi connectivity index (χ4n) is 2.31. The average Bonchev–Trinajstić information content (AvgIpc) is 2.77. The fourth-order valence-corrected chi connectivity index (χ4v) is 2.31. The summed E-state index contributed by atoms with van der Waals surface area (Å²) in [5, 5.41) is 8.60. The van der Waals surface area contributed by atoms with E-state index in [-0.39, 0.29) is 6.42 Å². The summed E-state index contributed by atoms with van der Waals surface area (Å²) in [7, 11) is 2.14. The van der Waals surface area contributed by atoms with E-state index in [0.717, 1.165) is 31.1 Å². The average molecular weight is 252 g/mol. The van der Waals surface area contributed by atoms with Gasteiger partial charge in [-0.1, -0.05) is 0 Å². The third-order valence-electron chi connectivity index (χ3n) is 3.50. The van der Waals surface area contributed by atoms with Crippen LogP contribution < -0.4 is 0 Å². The predicted molar refractivity (Wildman–Crippen MR) is 66.4 cm³/mol. The molecule has 0 unspecified atom stereocenters. The highest BCUT2D eigenvalue weighted by Gasteiger charge is 2.19. The van der Waals surface area contributed by atoms with Crippen LogP contribution in [0.4, 0.5) is 0 Å². The first-order valence-electron chi connectivity index (χ1n) is 6.47. The van der Waals surface area contributed by atoms with Crippen molar-refractivity contribution in [1.82, 2.24) is 9.88 Å². The molecule has 2 rings (SSSR count). The molecule has 5 heteroatoms. The van der Waals surface area contributed by atoms with Gasteiger partial charge in [0.05, 0.1) is 12.1 Å². The zero-order chi connectivity index (χ0) is 13.0. The maximum absolute atomic E-state index is 10.5. The van der Waals surface area contributed by atoms with E-state index < -0.39 is 5.97 Å². The van der Waals surface area contributed by atoms with E-state index in [1.165, 1.54) is 12.8 Å². The lowest BCUT2D eigenvalue weighted by Crippen LogP contribution is -2.30. The summed E-state index contributed by atoms with van der Waals surface area (Å²) in [5.74, 6) is 0.604. The van der Waals surface area contributed by atoms with Gasteiger partial charge in [0.2, 0.25) is 0 Å². The van der Waals surface area contributed by atoms with Gasteiger partial charge in [0.25, 0.3) is 0 Å². The fraction of sp³-hybridized carbons (Fsp3) is 0.692. The van der Waals surface area contributed by atoms with Crippen LogP contribution in [0.5, 0.6) is 0 Å². The molecule has 1 aromatic heterocycles. The highest BCUT2D eigenvalue weighted by molar-refractivity contribution is 5.66. The van der Waals surface area contributed by atoms with Crippen LogP contribution in [-0.4, -0.2) is 41.1 Å². The van der Waals surface area contributed by atoms with Crippen LogP contribution in [-0.2, 0) is 17.6 Å². The number of hydrogen-bond donors (Lipinski definition) is 1. The second-order valence-corrected chi connectivity index (χ2v) is 5.08. The lowest BCUT2D eigenvalue weighted by Gasteiger charge is -2.28. The summed E-state index contributed by atoms with van der Waals surface area (Å²) in [6.45, 7) is 2.27. The van der Waals surface area contributed by atoms with Crippen LogP contribution in [0, 0.1) is 5.92 Å². The lowest BCUT2D eigenvalue weighted by atomic mass is 9.94. The van der Waals surface area contributed by atoms with E-state index in [4.69, 9.17) is 9.52 Å². The van der Waals surface area contributed by atoms with Crippen LogP contribution in [0.1, 0.15) is 30.8 Å². The van der Waals surface area contributed by atoms with Gasteiger partial charge in [0, 0.05) is 12.8 Å². The maximum atomic E-state index is 10.5. The summed E-state index contributed by atoms with van der Waals surface area (Å²) in [6.07, 6.45) is 5.40. The van der Waals surface area contributed by atoms with Crippen molar-refractivity contribution in [3.8, 4) is 0 Å². The highest BCUT2D eigenvalue weighted by atomic mass is 16.4. The summed E-state index contributed by atoms with van der Waals surface area (Å²) in [6, 6.07) is 0. The number of nitrogens with zero attached hydrogens (tertiary/aromatic N) is 2. The van der Waals surface area contributed by atoms with E-state index >= 15 is 0 Å². The first-order chi connectivity index (χ1) is 8.63. The minimum absolute atomic E-state index is 0.111. The molecular formula is C13H20N2O3. The van der Waals surface area contributed by atoms with Gasteiger partial charge in [-0.25, -0.2) is 4.98 Å². The molecular weight excluding hydrogens is 232 g/mol. The Kier molecular flexibility index (Phi) is 4.36. The Labute approximate surface area is 107 Å². The quantitative estimate of drug-likeness (QED) is 0.861. The van der Waals surface area contributed by atoms with Crippen molar-refractivity contribution in [2.45, 2.75) is 32.1 Å². The number of aryl methyl sites for hydroxylation is 1. The van der Waals surface area contributed by atoms with Crippen LogP contribution in [0.15, 0.2) is 10.7 Å². The van der Waals surface area contributed by atoms with E-state index in [2.05, 4.69) is 16.9 Å². The number of rotatable bonds is 5. The first kappa shape index (κ1) is 13.1. The van der Waals surface area contributed by atoms with E-state index in [0.29, 0.717) is 12.3 Å². The van der Waals surface area contributed by atoms with E-state index in [9.17, 15) is 4.79 Å². The molecule has 0 atom stereocenters. The summed E-state index contributed by atoms with van der Waals surface area (Å²) in [4.78, 5) is 17.2. The molecule has 1 saturated heterocycles. The highest BCUT2D eigenvalue weighted by Crippen LogP contribution is 2.20. The van der Waals surface area contributed by atoms with Crippen molar-refractivity contribution in [2.75, 3.05) is 20.1 Å². The molecule has 0 spiro atoms. The van der Waals surface area contributed by atoms with Crippen molar-refractivity contribution >= 4 is 5.97 Å². The number of piperidine rings is 1. The summed E-state index contributed by atoms with van der Waals surface area (Å²) < 4.78 is 5.41. The standard InChI is InChI=1S/C13H20N2O3/c1-15-6-4-10(5-7-15)8-12-14-11(9-18-12)2-3-13(16)17/h9-10H,2-8H2,1H3,(H,16,17). The number of aliphatic carboxylic acids is 1. The van der Waals surface area contributed by atoms with Crippen molar-refractivity contribution in [2.24, 2.45) is 5.92 Å². The van der Waals surface area contributed by atoms with E-state index in [1.54, 1.807) is 6.26 Å². The molecule has 2 heterocycles. The Bertz CT molecular complexity index is 395. The van der Waals surface area contributed by atoms with Gasteiger partial charge in [-0.15, -0.1) is 0 Å². The summed E-state index contributed by atoms with van der Waals surface area (Å²) >= 11 is 0. The van der Waals surface area contributed by atoms with Crippen molar-refractivity contribution < 1.29 is 14.3 Å². The van der Waals surface area contributed by atoms with Gasteiger partial charge in [-0.3, -0.25) is 4.79 Å². The Morgan fingerprint density at radius 1 is 1.56 bits per heavy atom. The number of oxazole rings is 1. The Morgan fingerprint density at radius 3 is 2.94 bits per heavy atom. The van der Waals surface area contributed by atoms with Gasteiger partial charge in [0.15, 0.2) is 5.89 Å². The molecule has 1 aromatic rings. The Hall–Kier alpha value is -1.36. The van der Waals surface area contributed by atoms with Gasteiger partial charge < -0.3 is 14.4 Å². The predicted octanol–water partition coefficient (Wildman–Crippen LogP) is 1.58. The minimum atomic E-state index is -0.796. The smallest absolute Gasteiger partial charge is 0.303 e. The number of carboxylic acid groups (broad SMARTS) is 1. The monoisotopic (exact) mass is 252 g/mol. The third kappa shape index (κ3) is 3.84. The van der Waals surface area contributed by atoms with Crippen LogP contribution in [0.3, 0.4) is 0 Å². The zero-order valence-corrected chi connectivity index (χ0v) is 10.8. The largest absolute Gasteiger partial charge is 0.481 e. The van der Waals surface area contributed by atoms with Gasteiger partial charge in [0.1, 0.15) is 6.26 Å². The van der Waals surface area contributed by atoms with Crippen molar-refractivity contribution in [3.05, 3.63) is 17.8 Å². The molecule has 1 fully saturated rings.